The van der Waals surface area contributed by atoms with Crippen LogP contribution in [0.1, 0.15) is 33.3 Å². The first-order valence-electron chi connectivity index (χ1n) is 5.84. The lowest BCUT2D eigenvalue weighted by molar-refractivity contribution is 0.121. The zero-order chi connectivity index (χ0) is 13.1. The van der Waals surface area contributed by atoms with E-state index in [1.54, 1.807) is 14.0 Å². The van der Waals surface area contributed by atoms with Crippen LogP contribution in [0.4, 0.5) is 0 Å². The maximum atomic E-state index is 9.26. The Kier molecular flexibility index (Phi) is 4.40. The summed E-state index contributed by atoms with van der Waals surface area (Å²) in [4.78, 5) is 0. The van der Waals surface area contributed by atoms with Crippen LogP contribution in [0.5, 0.6) is 11.5 Å². The minimum Gasteiger partial charge on any atom is -0.497 e. The molecule has 1 rings (SSSR count). The van der Waals surface area contributed by atoms with Gasteiger partial charge in [0.05, 0.1) is 13.2 Å². The number of benzene rings is 1. The van der Waals surface area contributed by atoms with E-state index in [2.05, 4.69) is 20.8 Å². The van der Waals surface area contributed by atoms with Gasteiger partial charge in [0.2, 0.25) is 0 Å². The predicted molar refractivity (Wildman–Crippen MR) is 68.9 cm³/mol. The van der Waals surface area contributed by atoms with Gasteiger partial charge in [-0.2, -0.15) is 0 Å². The molecule has 0 unspecified atom stereocenters. The molecule has 0 aliphatic heterocycles. The van der Waals surface area contributed by atoms with E-state index in [0.717, 1.165) is 17.1 Å². The predicted octanol–water partition coefficient (Wildman–Crippen LogP) is 2.75. The Labute approximate surface area is 103 Å². The summed E-state index contributed by atoms with van der Waals surface area (Å²) in [6.45, 7) is 8.38. The van der Waals surface area contributed by atoms with Crippen molar-refractivity contribution in [2.75, 3.05) is 13.7 Å². The monoisotopic (exact) mass is 238 g/mol. The third-order valence-corrected chi connectivity index (χ3v) is 2.47. The molecule has 0 aliphatic carbocycles. The van der Waals surface area contributed by atoms with Gasteiger partial charge in [0.1, 0.15) is 18.1 Å². The molecule has 0 heterocycles. The summed E-state index contributed by atoms with van der Waals surface area (Å²) in [5, 5.41) is 9.26. The number of methoxy groups -OCH3 is 1. The molecule has 0 spiro atoms. The molecule has 96 valence electrons. The molecule has 1 N–H and O–H groups in total. The molecule has 17 heavy (non-hydrogen) atoms. The fraction of sp³-hybridized carbons (Fsp3) is 0.571. The van der Waals surface area contributed by atoms with E-state index in [0.29, 0.717) is 6.61 Å². The fourth-order valence-electron chi connectivity index (χ4n) is 1.56. The van der Waals surface area contributed by atoms with Crippen LogP contribution in [0.15, 0.2) is 18.2 Å². The van der Waals surface area contributed by atoms with Gasteiger partial charge in [-0.25, -0.2) is 0 Å². The number of hydrogen-bond donors (Lipinski definition) is 1. The molecule has 0 saturated carbocycles. The SMILES string of the molecule is COc1ccc(OC[C@@H](C)O)c(C(C)(C)C)c1. The van der Waals surface area contributed by atoms with Crippen molar-refractivity contribution in [2.45, 2.75) is 39.2 Å². The maximum Gasteiger partial charge on any atom is 0.123 e. The van der Waals surface area contributed by atoms with E-state index < -0.39 is 6.10 Å². The molecular formula is C14H22O3. The molecule has 0 aliphatic rings. The van der Waals surface area contributed by atoms with Gasteiger partial charge in [0.15, 0.2) is 0 Å². The van der Waals surface area contributed by atoms with Crippen LogP contribution in [0.3, 0.4) is 0 Å². The highest BCUT2D eigenvalue weighted by atomic mass is 16.5. The van der Waals surface area contributed by atoms with Gasteiger partial charge >= 0.3 is 0 Å². The van der Waals surface area contributed by atoms with Crippen LogP contribution in [-0.2, 0) is 5.41 Å². The van der Waals surface area contributed by atoms with Crippen LogP contribution in [0, 0.1) is 0 Å². The second-order valence-electron chi connectivity index (χ2n) is 5.27. The second kappa shape index (κ2) is 5.41. The van der Waals surface area contributed by atoms with Crippen molar-refractivity contribution in [1.29, 1.82) is 0 Å². The van der Waals surface area contributed by atoms with Crippen molar-refractivity contribution in [3.8, 4) is 11.5 Å². The van der Waals surface area contributed by atoms with Gasteiger partial charge in [-0.15, -0.1) is 0 Å². The molecule has 0 bridgehead atoms. The Morgan fingerprint density at radius 3 is 2.41 bits per heavy atom. The molecule has 0 fully saturated rings. The van der Waals surface area contributed by atoms with Crippen LogP contribution < -0.4 is 9.47 Å². The summed E-state index contributed by atoms with van der Waals surface area (Å²) >= 11 is 0. The van der Waals surface area contributed by atoms with Crippen LogP contribution in [0.2, 0.25) is 0 Å². The van der Waals surface area contributed by atoms with Crippen molar-refractivity contribution >= 4 is 0 Å². The average Bonchev–Trinajstić information content (AvgIpc) is 2.24. The topological polar surface area (TPSA) is 38.7 Å². The highest BCUT2D eigenvalue weighted by molar-refractivity contribution is 5.44. The number of ether oxygens (including phenoxy) is 2. The zero-order valence-corrected chi connectivity index (χ0v) is 11.3. The van der Waals surface area contributed by atoms with E-state index in [9.17, 15) is 5.11 Å². The highest BCUT2D eigenvalue weighted by Gasteiger charge is 2.20. The smallest absolute Gasteiger partial charge is 0.123 e. The molecule has 3 nitrogen and oxygen atoms in total. The molecule has 0 radical (unpaired) electrons. The third-order valence-electron chi connectivity index (χ3n) is 2.47. The van der Waals surface area contributed by atoms with Crippen molar-refractivity contribution in [3.63, 3.8) is 0 Å². The summed E-state index contributed by atoms with van der Waals surface area (Å²) in [5.41, 5.74) is 1.06. The van der Waals surface area contributed by atoms with Crippen LogP contribution in [0.25, 0.3) is 0 Å². The van der Waals surface area contributed by atoms with Gasteiger partial charge < -0.3 is 14.6 Å². The Hall–Kier alpha value is -1.22. The summed E-state index contributed by atoms with van der Waals surface area (Å²) in [5.74, 6) is 1.62. The minimum atomic E-state index is -0.468. The van der Waals surface area contributed by atoms with Crippen molar-refractivity contribution in [3.05, 3.63) is 23.8 Å². The molecule has 0 amide bonds. The summed E-state index contributed by atoms with van der Waals surface area (Å²) < 4.78 is 10.8. The van der Waals surface area contributed by atoms with Gasteiger partial charge in [-0.3, -0.25) is 0 Å². The maximum absolute atomic E-state index is 9.26. The van der Waals surface area contributed by atoms with Crippen molar-refractivity contribution < 1.29 is 14.6 Å². The Balaban J connectivity index is 3.03. The minimum absolute atomic E-state index is 0.0252. The van der Waals surface area contributed by atoms with Gasteiger partial charge in [-0.1, -0.05) is 20.8 Å². The zero-order valence-electron chi connectivity index (χ0n) is 11.3. The molecule has 1 atom stereocenters. The summed E-state index contributed by atoms with van der Waals surface area (Å²) in [7, 11) is 1.65. The number of aliphatic hydroxyl groups excluding tert-OH is 1. The van der Waals surface area contributed by atoms with E-state index in [1.807, 2.05) is 18.2 Å². The quantitative estimate of drug-likeness (QED) is 0.876. The largest absolute Gasteiger partial charge is 0.497 e. The molecular weight excluding hydrogens is 216 g/mol. The fourth-order valence-corrected chi connectivity index (χ4v) is 1.56. The first-order chi connectivity index (χ1) is 7.84. The molecule has 1 aromatic rings. The normalized spacial score (nSPS) is 13.3. The summed E-state index contributed by atoms with van der Waals surface area (Å²) in [6.07, 6.45) is -0.468. The van der Waals surface area contributed by atoms with Crippen molar-refractivity contribution in [1.82, 2.24) is 0 Å². The number of hydrogen-bond acceptors (Lipinski definition) is 3. The highest BCUT2D eigenvalue weighted by Crippen LogP contribution is 2.34. The number of aliphatic hydroxyl groups is 1. The molecule has 0 aromatic heterocycles. The standard InChI is InChI=1S/C14H22O3/c1-10(15)9-17-13-7-6-11(16-5)8-12(13)14(2,3)4/h6-8,10,15H,9H2,1-5H3/t10-/m1/s1. The van der Waals surface area contributed by atoms with E-state index >= 15 is 0 Å². The van der Waals surface area contributed by atoms with E-state index in [1.165, 1.54) is 0 Å². The molecule has 1 aromatic carbocycles. The van der Waals surface area contributed by atoms with Crippen LogP contribution >= 0.6 is 0 Å². The van der Waals surface area contributed by atoms with Crippen LogP contribution in [-0.4, -0.2) is 24.9 Å². The van der Waals surface area contributed by atoms with E-state index in [4.69, 9.17) is 9.47 Å². The summed E-state index contributed by atoms with van der Waals surface area (Å²) in [6, 6.07) is 5.74. The van der Waals surface area contributed by atoms with Gasteiger partial charge in [-0.05, 0) is 30.5 Å². The lowest BCUT2D eigenvalue weighted by atomic mass is 9.86. The van der Waals surface area contributed by atoms with E-state index in [-0.39, 0.29) is 5.41 Å². The van der Waals surface area contributed by atoms with Crippen molar-refractivity contribution in [2.24, 2.45) is 0 Å². The Morgan fingerprint density at radius 2 is 1.94 bits per heavy atom. The van der Waals surface area contributed by atoms with Gasteiger partial charge in [0, 0.05) is 5.56 Å². The first kappa shape index (κ1) is 13.8. The van der Waals surface area contributed by atoms with Gasteiger partial charge in [0.25, 0.3) is 0 Å². The lowest BCUT2D eigenvalue weighted by Gasteiger charge is -2.23. The first-order valence-corrected chi connectivity index (χ1v) is 5.84. The second-order valence-corrected chi connectivity index (χ2v) is 5.27. The average molecular weight is 238 g/mol. The molecule has 3 heteroatoms. The Morgan fingerprint density at radius 1 is 1.29 bits per heavy atom. The lowest BCUT2D eigenvalue weighted by Crippen LogP contribution is -2.17. The third kappa shape index (κ3) is 3.93. The number of rotatable bonds is 4. The molecule has 0 saturated heterocycles. The Bertz CT molecular complexity index is 364.